The van der Waals surface area contributed by atoms with Crippen LogP contribution < -0.4 is 0 Å². The van der Waals surface area contributed by atoms with E-state index < -0.39 is 0 Å². The third-order valence-corrected chi connectivity index (χ3v) is 1.38. The van der Waals surface area contributed by atoms with E-state index in [1.807, 2.05) is 0 Å². The van der Waals surface area contributed by atoms with Gasteiger partial charge >= 0.3 is 0 Å². The van der Waals surface area contributed by atoms with Crippen LogP contribution in [-0.4, -0.2) is 4.86 Å². The molecule has 0 saturated heterocycles. The predicted octanol–water partition coefficient (Wildman–Crippen LogP) is 2.73. The Bertz CT molecular complexity index is 84.4. The van der Waals surface area contributed by atoms with Crippen molar-refractivity contribution < 1.29 is 0 Å². The van der Waals surface area contributed by atoms with Crippen molar-refractivity contribution in [2.24, 2.45) is 0 Å². The zero-order chi connectivity index (χ0) is 6.41. The monoisotopic (exact) mass is 128 g/mol. The smallest absolute Gasteiger partial charge is 0.0146 e. The third-order valence-electron chi connectivity index (χ3n) is 1.00. The molecule has 0 aromatic heterocycles. The van der Waals surface area contributed by atoms with E-state index in [1.54, 1.807) is 6.08 Å². The largest absolute Gasteiger partial charge is 0.0980 e. The van der Waals surface area contributed by atoms with Gasteiger partial charge in [0.2, 0.25) is 0 Å². The minimum Gasteiger partial charge on any atom is -0.0980 e. The number of unbranched alkanes of at least 4 members (excludes halogenated alkanes) is 1. The number of allylic oxidation sites excluding steroid dienone is 1. The molecular formula is C7H12S. The highest BCUT2D eigenvalue weighted by Crippen LogP contribution is 1.96. The van der Waals surface area contributed by atoms with Gasteiger partial charge in [0.25, 0.3) is 0 Å². The predicted molar refractivity (Wildman–Crippen MR) is 42.3 cm³/mol. The lowest BCUT2D eigenvalue weighted by atomic mass is 10.2. The van der Waals surface area contributed by atoms with Crippen LogP contribution in [0.15, 0.2) is 12.7 Å². The lowest BCUT2D eigenvalue weighted by Crippen LogP contribution is -1.85. The van der Waals surface area contributed by atoms with Gasteiger partial charge in [-0.15, -0.1) is 0 Å². The molecule has 0 aromatic rings. The maximum Gasteiger partial charge on any atom is 0.0146 e. The summed E-state index contributed by atoms with van der Waals surface area (Å²) < 4.78 is 0. The van der Waals surface area contributed by atoms with E-state index in [4.69, 9.17) is 12.2 Å². The molecule has 0 bridgehead atoms. The molecule has 0 aliphatic rings. The molecule has 0 radical (unpaired) electrons. The molecule has 0 spiro atoms. The molecule has 0 atom stereocenters. The Morgan fingerprint density at radius 1 is 1.75 bits per heavy atom. The van der Waals surface area contributed by atoms with E-state index in [2.05, 4.69) is 13.5 Å². The standard InChI is InChI=1S/C7H12S/c1-3-5-6-7(8)4-2/h4H,2-3,5-6H2,1H3. The fourth-order valence-electron chi connectivity index (χ4n) is 0.453. The van der Waals surface area contributed by atoms with Crippen molar-refractivity contribution in [1.82, 2.24) is 0 Å². The minimum atomic E-state index is 0.992. The topological polar surface area (TPSA) is 0 Å². The Balaban J connectivity index is 3.11. The molecule has 0 saturated carbocycles. The van der Waals surface area contributed by atoms with Crippen LogP contribution in [0.2, 0.25) is 0 Å². The van der Waals surface area contributed by atoms with E-state index in [0.29, 0.717) is 0 Å². The van der Waals surface area contributed by atoms with Gasteiger partial charge in [-0.3, -0.25) is 0 Å². The molecule has 0 heterocycles. The van der Waals surface area contributed by atoms with Gasteiger partial charge in [0.15, 0.2) is 0 Å². The van der Waals surface area contributed by atoms with Crippen molar-refractivity contribution in [2.75, 3.05) is 0 Å². The first kappa shape index (κ1) is 7.83. The molecule has 0 fully saturated rings. The Labute approximate surface area is 56.6 Å². The van der Waals surface area contributed by atoms with Crippen molar-refractivity contribution in [1.29, 1.82) is 0 Å². The SMILES string of the molecule is C=CC(=S)CCCC. The first-order valence-electron chi connectivity index (χ1n) is 2.96. The molecule has 0 aromatic carbocycles. The number of hydrogen-bond acceptors (Lipinski definition) is 1. The Morgan fingerprint density at radius 2 is 2.38 bits per heavy atom. The van der Waals surface area contributed by atoms with Crippen LogP contribution in [0, 0.1) is 0 Å². The van der Waals surface area contributed by atoms with Crippen molar-refractivity contribution in [3.63, 3.8) is 0 Å². The van der Waals surface area contributed by atoms with Crippen molar-refractivity contribution >= 4 is 17.1 Å². The van der Waals surface area contributed by atoms with Crippen LogP contribution in [-0.2, 0) is 0 Å². The van der Waals surface area contributed by atoms with Crippen LogP contribution in [0.25, 0.3) is 0 Å². The summed E-state index contributed by atoms with van der Waals surface area (Å²) in [5.41, 5.74) is 0. The van der Waals surface area contributed by atoms with Crippen LogP contribution in [0.3, 0.4) is 0 Å². The molecule has 46 valence electrons. The van der Waals surface area contributed by atoms with Gasteiger partial charge in [-0.1, -0.05) is 38.2 Å². The molecule has 0 rings (SSSR count). The summed E-state index contributed by atoms with van der Waals surface area (Å²) >= 11 is 4.90. The number of thiocarbonyl (C=S) groups is 1. The minimum absolute atomic E-state index is 0.992. The zero-order valence-electron chi connectivity index (χ0n) is 5.31. The van der Waals surface area contributed by atoms with Crippen LogP contribution in [0.4, 0.5) is 0 Å². The van der Waals surface area contributed by atoms with Crippen molar-refractivity contribution in [3.8, 4) is 0 Å². The zero-order valence-corrected chi connectivity index (χ0v) is 6.13. The van der Waals surface area contributed by atoms with Gasteiger partial charge in [0, 0.05) is 4.86 Å². The normalized spacial score (nSPS) is 8.62. The lowest BCUT2D eigenvalue weighted by Gasteiger charge is -1.91. The average molecular weight is 128 g/mol. The Hall–Kier alpha value is -0.170. The summed E-state index contributed by atoms with van der Waals surface area (Å²) in [5, 5.41) is 0. The molecule has 0 amide bonds. The lowest BCUT2D eigenvalue weighted by molar-refractivity contribution is 0.842. The fourth-order valence-corrected chi connectivity index (χ4v) is 0.597. The molecule has 8 heavy (non-hydrogen) atoms. The highest BCUT2D eigenvalue weighted by Gasteiger charge is 1.86. The van der Waals surface area contributed by atoms with Gasteiger partial charge in [-0.25, -0.2) is 0 Å². The molecule has 0 unspecified atom stereocenters. The van der Waals surface area contributed by atoms with Gasteiger partial charge in [0.05, 0.1) is 0 Å². The van der Waals surface area contributed by atoms with E-state index >= 15 is 0 Å². The van der Waals surface area contributed by atoms with E-state index in [1.165, 1.54) is 12.8 Å². The second-order valence-electron chi connectivity index (χ2n) is 1.77. The Kier molecular flexibility index (Phi) is 4.87. The average Bonchev–Trinajstić information content (AvgIpc) is 1.83. The van der Waals surface area contributed by atoms with Gasteiger partial charge < -0.3 is 0 Å². The summed E-state index contributed by atoms with van der Waals surface area (Å²) in [5.74, 6) is 0. The Morgan fingerprint density at radius 3 is 2.75 bits per heavy atom. The molecule has 0 N–H and O–H groups in total. The molecule has 0 nitrogen and oxygen atoms in total. The van der Waals surface area contributed by atoms with Gasteiger partial charge in [-0.2, -0.15) is 0 Å². The quantitative estimate of drug-likeness (QED) is 0.414. The maximum absolute atomic E-state index is 4.90. The second-order valence-corrected chi connectivity index (χ2v) is 2.30. The third kappa shape index (κ3) is 4.00. The summed E-state index contributed by atoms with van der Waals surface area (Å²) in [7, 11) is 0. The molecule has 0 aliphatic carbocycles. The van der Waals surface area contributed by atoms with Crippen LogP contribution in [0.1, 0.15) is 26.2 Å². The maximum atomic E-state index is 4.90. The number of hydrogen-bond donors (Lipinski definition) is 0. The second kappa shape index (κ2) is 4.98. The highest BCUT2D eigenvalue weighted by molar-refractivity contribution is 7.80. The van der Waals surface area contributed by atoms with Crippen LogP contribution >= 0.6 is 12.2 Å². The van der Waals surface area contributed by atoms with E-state index in [-0.39, 0.29) is 0 Å². The van der Waals surface area contributed by atoms with Crippen molar-refractivity contribution in [2.45, 2.75) is 26.2 Å². The summed E-state index contributed by atoms with van der Waals surface area (Å²) in [6.07, 6.45) is 5.21. The molecular weight excluding hydrogens is 116 g/mol. The van der Waals surface area contributed by atoms with E-state index in [9.17, 15) is 0 Å². The summed E-state index contributed by atoms with van der Waals surface area (Å²) in [6, 6.07) is 0. The fraction of sp³-hybridized carbons (Fsp3) is 0.571. The van der Waals surface area contributed by atoms with Crippen molar-refractivity contribution in [3.05, 3.63) is 12.7 Å². The van der Waals surface area contributed by atoms with E-state index in [0.717, 1.165) is 11.3 Å². The molecule has 0 aliphatic heterocycles. The van der Waals surface area contributed by atoms with Gasteiger partial charge in [-0.05, 0) is 12.8 Å². The number of rotatable bonds is 4. The molecule has 1 heteroatoms. The van der Waals surface area contributed by atoms with Gasteiger partial charge in [0.1, 0.15) is 0 Å². The van der Waals surface area contributed by atoms with Crippen LogP contribution in [0.5, 0.6) is 0 Å². The highest BCUT2D eigenvalue weighted by atomic mass is 32.1. The first-order chi connectivity index (χ1) is 3.81. The summed E-state index contributed by atoms with van der Waals surface area (Å²) in [6.45, 7) is 5.73. The first-order valence-corrected chi connectivity index (χ1v) is 3.37. The summed E-state index contributed by atoms with van der Waals surface area (Å²) in [4.78, 5) is 0.992.